The second-order valence-electron chi connectivity index (χ2n) is 3.91. The van der Waals surface area contributed by atoms with Gasteiger partial charge >= 0.3 is 12.1 Å². The van der Waals surface area contributed by atoms with Crippen LogP contribution in [0.25, 0.3) is 0 Å². The molecular formula is C11H11F4NO2. The van der Waals surface area contributed by atoms with Crippen molar-refractivity contribution >= 4 is 5.97 Å². The average molecular weight is 265 g/mol. The summed E-state index contributed by atoms with van der Waals surface area (Å²) in [5.74, 6) is -2.36. The molecule has 0 fully saturated rings. The van der Waals surface area contributed by atoms with E-state index in [-0.39, 0.29) is 6.54 Å². The van der Waals surface area contributed by atoms with Gasteiger partial charge in [-0.3, -0.25) is 4.90 Å². The number of halogens is 4. The van der Waals surface area contributed by atoms with E-state index in [2.05, 4.69) is 0 Å². The molecule has 1 aromatic carbocycles. The van der Waals surface area contributed by atoms with Gasteiger partial charge in [-0.05, 0) is 24.7 Å². The average Bonchev–Trinajstić information content (AvgIpc) is 2.17. The molecule has 0 aromatic heterocycles. The third-order valence-electron chi connectivity index (χ3n) is 2.16. The molecule has 0 saturated carbocycles. The van der Waals surface area contributed by atoms with Crippen molar-refractivity contribution in [1.29, 1.82) is 0 Å². The highest BCUT2D eigenvalue weighted by Crippen LogP contribution is 2.18. The minimum Gasteiger partial charge on any atom is -0.478 e. The molecule has 0 radical (unpaired) electrons. The van der Waals surface area contributed by atoms with Gasteiger partial charge < -0.3 is 5.11 Å². The summed E-state index contributed by atoms with van der Waals surface area (Å²) >= 11 is 0. The number of carboxylic acid groups (broad SMARTS) is 1. The molecule has 18 heavy (non-hydrogen) atoms. The van der Waals surface area contributed by atoms with Crippen molar-refractivity contribution in [2.24, 2.45) is 0 Å². The first kappa shape index (κ1) is 14.4. The molecule has 0 unspecified atom stereocenters. The topological polar surface area (TPSA) is 40.5 Å². The van der Waals surface area contributed by atoms with Crippen LogP contribution in [0.15, 0.2) is 18.2 Å². The lowest BCUT2D eigenvalue weighted by Gasteiger charge is -2.18. The van der Waals surface area contributed by atoms with Crippen LogP contribution >= 0.6 is 0 Å². The molecule has 1 N–H and O–H groups in total. The molecule has 0 aliphatic carbocycles. The summed E-state index contributed by atoms with van der Waals surface area (Å²) in [7, 11) is 1.25. The molecule has 3 nitrogen and oxygen atoms in total. The van der Waals surface area contributed by atoms with Crippen molar-refractivity contribution in [2.45, 2.75) is 12.7 Å². The Labute approximate surface area is 101 Å². The Morgan fingerprint density at radius 2 is 2.00 bits per heavy atom. The van der Waals surface area contributed by atoms with Crippen LogP contribution in [0.3, 0.4) is 0 Å². The number of carboxylic acids is 1. The summed E-state index contributed by atoms with van der Waals surface area (Å²) in [4.78, 5) is 11.6. The fourth-order valence-electron chi connectivity index (χ4n) is 1.51. The van der Waals surface area contributed by atoms with Crippen molar-refractivity contribution in [3.05, 3.63) is 35.1 Å². The molecule has 0 bridgehead atoms. The van der Waals surface area contributed by atoms with Crippen LogP contribution < -0.4 is 0 Å². The highest BCUT2D eigenvalue weighted by Gasteiger charge is 2.29. The highest BCUT2D eigenvalue weighted by molar-refractivity contribution is 5.88. The summed E-state index contributed by atoms with van der Waals surface area (Å²) in [6, 6.07) is 3.22. The maximum atomic E-state index is 13.1. The Kier molecular flexibility index (Phi) is 4.28. The van der Waals surface area contributed by atoms with Crippen molar-refractivity contribution in [2.75, 3.05) is 13.6 Å². The van der Waals surface area contributed by atoms with Crippen LogP contribution in [0.2, 0.25) is 0 Å². The number of aromatic carboxylic acids is 1. The Balaban J connectivity index is 2.80. The van der Waals surface area contributed by atoms with Crippen LogP contribution in [0.4, 0.5) is 17.6 Å². The van der Waals surface area contributed by atoms with Crippen molar-refractivity contribution in [3.8, 4) is 0 Å². The molecule has 0 aliphatic heterocycles. The lowest BCUT2D eigenvalue weighted by Crippen LogP contribution is -2.30. The number of rotatable bonds is 4. The van der Waals surface area contributed by atoms with Crippen molar-refractivity contribution in [1.82, 2.24) is 4.90 Å². The number of carbonyl (C=O) groups is 1. The summed E-state index contributed by atoms with van der Waals surface area (Å²) in [5, 5.41) is 8.68. The summed E-state index contributed by atoms with van der Waals surface area (Å²) in [5.41, 5.74) is -0.242. The van der Waals surface area contributed by atoms with Gasteiger partial charge in [-0.1, -0.05) is 6.07 Å². The van der Waals surface area contributed by atoms with Crippen molar-refractivity contribution < 1.29 is 27.5 Å². The zero-order valence-electron chi connectivity index (χ0n) is 9.46. The molecular weight excluding hydrogens is 254 g/mol. The molecule has 0 aliphatic rings. The van der Waals surface area contributed by atoms with E-state index >= 15 is 0 Å². The summed E-state index contributed by atoms with van der Waals surface area (Å²) in [6.07, 6.45) is -4.33. The van der Waals surface area contributed by atoms with Crippen LogP contribution in [0, 0.1) is 5.82 Å². The quantitative estimate of drug-likeness (QED) is 0.850. The lowest BCUT2D eigenvalue weighted by molar-refractivity contribution is -0.144. The van der Waals surface area contributed by atoms with Gasteiger partial charge in [0.25, 0.3) is 0 Å². The molecule has 100 valence electrons. The van der Waals surface area contributed by atoms with Gasteiger partial charge in [-0.2, -0.15) is 13.2 Å². The molecule has 0 atom stereocenters. The summed E-state index contributed by atoms with van der Waals surface area (Å²) < 4.78 is 49.3. The smallest absolute Gasteiger partial charge is 0.401 e. The van der Waals surface area contributed by atoms with Gasteiger partial charge in [0, 0.05) is 6.54 Å². The van der Waals surface area contributed by atoms with Gasteiger partial charge in [-0.15, -0.1) is 0 Å². The molecule has 0 amide bonds. The van der Waals surface area contributed by atoms with E-state index in [0.29, 0.717) is 5.56 Å². The second-order valence-corrected chi connectivity index (χ2v) is 3.91. The zero-order valence-corrected chi connectivity index (χ0v) is 9.46. The fourth-order valence-corrected chi connectivity index (χ4v) is 1.51. The van der Waals surface area contributed by atoms with Crippen LogP contribution in [-0.2, 0) is 6.54 Å². The highest BCUT2D eigenvalue weighted by atomic mass is 19.4. The molecule has 1 aromatic rings. The number of benzene rings is 1. The Morgan fingerprint density at radius 1 is 1.39 bits per heavy atom. The predicted octanol–water partition coefficient (Wildman–Crippen LogP) is 2.52. The maximum absolute atomic E-state index is 13.1. The Morgan fingerprint density at radius 3 is 2.50 bits per heavy atom. The van der Waals surface area contributed by atoms with E-state index in [0.717, 1.165) is 17.0 Å². The molecule has 7 heteroatoms. The minimum atomic E-state index is -4.33. The monoisotopic (exact) mass is 265 g/mol. The van der Waals surface area contributed by atoms with Gasteiger partial charge in [0.2, 0.25) is 0 Å². The predicted molar refractivity (Wildman–Crippen MR) is 55.7 cm³/mol. The number of nitrogens with zero attached hydrogens (tertiary/aromatic N) is 1. The standard InChI is InChI=1S/C11H11F4NO2/c1-16(6-11(13,14)15)5-7-2-3-9(12)8(4-7)10(17)18/h2-4H,5-6H2,1H3,(H,17,18). The number of hydrogen-bond acceptors (Lipinski definition) is 2. The second kappa shape index (κ2) is 5.34. The van der Waals surface area contributed by atoms with Crippen LogP contribution in [0.5, 0.6) is 0 Å². The van der Waals surface area contributed by atoms with E-state index < -0.39 is 30.1 Å². The third kappa shape index (κ3) is 4.33. The molecule has 0 spiro atoms. The number of hydrogen-bond donors (Lipinski definition) is 1. The molecule has 0 heterocycles. The van der Waals surface area contributed by atoms with Gasteiger partial charge in [0.1, 0.15) is 5.82 Å². The fraction of sp³-hybridized carbons (Fsp3) is 0.364. The third-order valence-corrected chi connectivity index (χ3v) is 2.16. The van der Waals surface area contributed by atoms with Crippen molar-refractivity contribution in [3.63, 3.8) is 0 Å². The molecule has 1 rings (SSSR count). The van der Waals surface area contributed by atoms with Gasteiger partial charge in [-0.25, -0.2) is 9.18 Å². The number of alkyl halides is 3. The van der Waals surface area contributed by atoms with E-state index in [9.17, 15) is 22.4 Å². The first-order valence-corrected chi connectivity index (χ1v) is 4.96. The Hall–Kier alpha value is -1.63. The summed E-state index contributed by atoms with van der Waals surface area (Å²) in [6.45, 7) is -1.23. The van der Waals surface area contributed by atoms with Crippen LogP contribution in [-0.4, -0.2) is 35.7 Å². The first-order chi connectivity index (χ1) is 8.19. The SMILES string of the molecule is CN(Cc1ccc(F)c(C(=O)O)c1)CC(F)(F)F. The van der Waals surface area contributed by atoms with Crippen LogP contribution in [0.1, 0.15) is 15.9 Å². The normalized spacial score (nSPS) is 11.9. The lowest BCUT2D eigenvalue weighted by atomic mass is 10.1. The largest absolute Gasteiger partial charge is 0.478 e. The van der Waals surface area contributed by atoms with E-state index in [4.69, 9.17) is 5.11 Å². The maximum Gasteiger partial charge on any atom is 0.401 e. The molecule has 0 saturated heterocycles. The van der Waals surface area contributed by atoms with Gasteiger partial charge in [0.05, 0.1) is 12.1 Å². The first-order valence-electron chi connectivity index (χ1n) is 4.96. The van der Waals surface area contributed by atoms with E-state index in [1.807, 2.05) is 0 Å². The van der Waals surface area contributed by atoms with E-state index in [1.54, 1.807) is 0 Å². The zero-order chi connectivity index (χ0) is 13.9. The Bertz CT molecular complexity index is 445. The van der Waals surface area contributed by atoms with Gasteiger partial charge in [0.15, 0.2) is 0 Å². The van der Waals surface area contributed by atoms with E-state index in [1.165, 1.54) is 13.1 Å². The minimum absolute atomic E-state index is 0.111.